The SMILES string of the molecule is CC(CC(=O)O)NC(=O)C/C=C/c1ccc(F)cc1. The van der Waals surface area contributed by atoms with Crippen LogP contribution < -0.4 is 5.32 Å². The molecule has 0 aliphatic rings. The fraction of sp³-hybridized carbons (Fsp3) is 0.286. The number of rotatable bonds is 6. The number of hydrogen-bond donors (Lipinski definition) is 2. The molecule has 1 unspecified atom stereocenters. The van der Waals surface area contributed by atoms with Crippen molar-refractivity contribution in [1.82, 2.24) is 5.32 Å². The molecule has 1 aromatic rings. The minimum absolute atomic E-state index is 0.104. The molecule has 0 aromatic heterocycles. The highest BCUT2D eigenvalue weighted by molar-refractivity contribution is 5.79. The van der Waals surface area contributed by atoms with Crippen LogP contribution in [0.5, 0.6) is 0 Å². The molecule has 0 aliphatic carbocycles. The molecular formula is C14H16FNO3. The Balaban J connectivity index is 2.37. The highest BCUT2D eigenvalue weighted by atomic mass is 19.1. The van der Waals surface area contributed by atoms with Gasteiger partial charge in [0.25, 0.3) is 0 Å². The van der Waals surface area contributed by atoms with Gasteiger partial charge in [0.1, 0.15) is 5.82 Å². The van der Waals surface area contributed by atoms with Crippen LogP contribution in [0.2, 0.25) is 0 Å². The third-order valence-electron chi connectivity index (χ3n) is 2.37. The van der Waals surface area contributed by atoms with Crippen molar-refractivity contribution in [3.05, 3.63) is 41.7 Å². The maximum Gasteiger partial charge on any atom is 0.305 e. The van der Waals surface area contributed by atoms with Crippen LogP contribution in [0.25, 0.3) is 6.08 Å². The minimum atomic E-state index is -0.949. The number of aliphatic carboxylic acids is 1. The molecule has 0 spiro atoms. The van der Waals surface area contributed by atoms with Crippen molar-refractivity contribution >= 4 is 18.0 Å². The third-order valence-corrected chi connectivity index (χ3v) is 2.37. The number of carbonyl (C=O) groups excluding carboxylic acids is 1. The normalized spacial score (nSPS) is 12.3. The van der Waals surface area contributed by atoms with Crippen LogP contribution in [0.1, 0.15) is 25.3 Å². The van der Waals surface area contributed by atoms with Crippen molar-refractivity contribution in [2.45, 2.75) is 25.8 Å². The first-order chi connectivity index (χ1) is 8.97. The van der Waals surface area contributed by atoms with Crippen LogP contribution in [0.15, 0.2) is 30.3 Å². The number of halogens is 1. The van der Waals surface area contributed by atoms with Crippen LogP contribution in [0.4, 0.5) is 4.39 Å². The van der Waals surface area contributed by atoms with E-state index in [0.717, 1.165) is 5.56 Å². The lowest BCUT2D eigenvalue weighted by atomic mass is 10.2. The van der Waals surface area contributed by atoms with E-state index in [9.17, 15) is 14.0 Å². The molecule has 102 valence electrons. The monoisotopic (exact) mass is 265 g/mol. The van der Waals surface area contributed by atoms with E-state index in [1.54, 1.807) is 31.2 Å². The van der Waals surface area contributed by atoms with Crippen molar-refractivity contribution < 1.29 is 19.1 Å². The first-order valence-corrected chi connectivity index (χ1v) is 5.90. The molecule has 1 aromatic carbocycles. The molecule has 1 atom stereocenters. The van der Waals surface area contributed by atoms with E-state index in [4.69, 9.17) is 5.11 Å². The largest absolute Gasteiger partial charge is 0.481 e. The number of carboxylic acids is 1. The molecule has 4 nitrogen and oxygen atoms in total. The van der Waals surface area contributed by atoms with Crippen LogP contribution in [-0.4, -0.2) is 23.0 Å². The standard InChI is InChI=1S/C14H16FNO3/c1-10(9-14(18)19)16-13(17)4-2-3-11-5-7-12(15)8-6-11/h2-3,5-8,10H,4,9H2,1H3,(H,16,17)(H,18,19)/b3-2+. The van der Waals surface area contributed by atoms with Gasteiger partial charge in [0.05, 0.1) is 6.42 Å². The molecule has 5 heteroatoms. The summed E-state index contributed by atoms with van der Waals surface area (Å²) >= 11 is 0. The van der Waals surface area contributed by atoms with Crippen molar-refractivity contribution in [3.63, 3.8) is 0 Å². The molecule has 1 amide bonds. The summed E-state index contributed by atoms with van der Waals surface area (Å²) in [5, 5.41) is 11.1. The zero-order valence-corrected chi connectivity index (χ0v) is 10.6. The van der Waals surface area contributed by atoms with Gasteiger partial charge in [-0.1, -0.05) is 24.3 Å². The average Bonchev–Trinajstić information content (AvgIpc) is 2.30. The van der Waals surface area contributed by atoms with Gasteiger partial charge < -0.3 is 10.4 Å². The molecule has 0 saturated heterocycles. The van der Waals surface area contributed by atoms with Crippen molar-refractivity contribution in [2.75, 3.05) is 0 Å². The van der Waals surface area contributed by atoms with Gasteiger partial charge in [0, 0.05) is 12.5 Å². The van der Waals surface area contributed by atoms with E-state index in [0.29, 0.717) is 0 Å². The lowest BCUT2D eigenvalue weighted by molar-refractivity contribution is -0.137. The molecule has 0 bridgehead atoms. The fourth-order valence-corrected chi connectivity index (χ4v) is 1.52. The zero-order chi connectivity index (χ0) is 14.3. The van der Waals surface area contributed by atoms with Crippen LogP contribution in [0.3, 0.4) is 0 Å². The van der Waals surface area contributed by atoms with E-state index in [-0.39, 0.29) is 24.6 Å². The van der Waals surface area contributed by atoms with Gasteiger partial charge >= 0.3 is 5.97 Å². The summed E-state index contributed by atoms with van der Waals surface area (Å²) in [6.07, 6.45) is 3.41. The minimum Gasteiger partial charge on any atom is -0.481 e. The quantitative estimate of drug-likeness (QED) is 0.828. The van der Waals surface area contributed by atoms with Gasteiger partial charge in [0.15, 0.2) is 0 Å². The Hall–Kier alpha value is -2.17. The highest BCUT2D eigenvalue weighted by Crippen LogP contribution is 2.05. The Kier molecular flexibility index (Phi) is 5.73. The summed E-state index contributed by atoms with van der Waals surface area (Å²) in [5.41, 5.74) is 0.799. The van der Waals surface area contributed by atoms with E-state index in [2.05, 4.69) is 5.32 Å². The predicted molar refractivity (Wildman–Crippen MR) is 69.9 cm³/mol. The Labute approximate surface area is 110 Å². The van der Waals surface area contributed by atoms with Crippen LogP contribution in [0, 0.1) is 5.82 Å². The maximum atomic E-state index is 12.6. The smallest absolute Gasteiger partial charge is 0.305 e. The summed E-state index contributed by atoms with van der Waals surface area (Å²) in [6, 6.07) is 5.50. The van der Waals surface area contributed by atoms with Crippen LogP contribution >= 0.6 is 0 Å². The first kappa shape index (κ1) is 14.9. The summed E-state index contributed by atoms with van der Waals surface area (Å²) in [4.78, 5) is 21.9. The van der Waals surface area contributed by atoms with Gasteiger partial charge in [-0.2, -0.15) is 0 Å². The summed E-state index contributed by atoms with van der Waals surface area (Å²) in [7, 11) is 0. The summed E-state index contributed by atoms with van der Waals surface area (Å²) in [5.74, 6) is -1.50. The molecule has 19 heavy (non-hydrogen) atoms. The molecule has 0 aliphatic heterocycles. The van der Waals surface area contributed by atoms with Crippen molar-refractivity contribution in [1.29, 1.82) is 0 Å². The number of carboxylic acid groups (broad SMARTS) is 1. The van der Waals surface area contributed by atoms with E-state index >= 15 is 0 Å². The molecule has 0 heterocycles. The molecule has 0 fully saturated rings. The second-order valence-electron chi connectivity index (χ2n) is 4.22. The molecule has 1 rings (SSSR count). The number of amides is 1. The predicted octanol–water partition coefficient (Wildman–Crippen LogP) is 2.21. The summed E-state index contributed by atoms with van der Waals surface area (Å²) in [6.45, 7) is 1.63. The Morgan fingerprint density at radius 2 is 2.00 bits per heavy atom. The number of benzene rings is 1. The van der Waals surface area contributed by atoms with Crippen molar-refractivity contribution in [2.24, 2.45) is 0 Å². The number of hydrogen-bond acceptors (Lipinski definition) is 2. The van der Waals surface area contributed by atoms with E-state index in [1.807, 2.05) is 0 Å². The van der Waals surface area contributed by atoms with E-state index in [1.165, 1.54) is 12.1 Å². The topological polar surface area (TPSA) is 66.4 Å². The summed E-state index contributed by atoms with van der Waals surface area (Å²) < 4.78 is 12.6. The van der Waals surface area contributed by atoms with E-state index < -0.39 is 12.0 Å². The van der Waals surface area contributed by atoms with Gasteiger partial charge in [-0.3, -0.25) is 9.59 Å². The Bertz CT molecular complexity index is 468. The lowest BCUT2D eigenvalue weighted by Gasteiger charge is -2.09. The fourth-order valence-electron chi connectivity index (χ4n) is 1.52. The van der Waals surface area contributed by atoms with Gasteiger partial charge in [-0.15, -0.1) is 0 Å². The zero-order valence-electron chi connectivity index (χ0n) is 10.6. The second-order valence-corrected chi connectivity index (χ2v) is 4.22. The van der Waals surface area contributed by atoms with Gasteiger partial charge in [-0.05, 0) is 24.6 Å². The van der Waals surface area contributed by atoms with Gasteiger partial charge in [0.2, 0.25) is 5.91 Å². The Morgan fingerprint density at radius 1 is 1.37 bits per heavy atom. The molecule has 2 N–H and O–H groups in total. The second kappa shape index (κ2) is 7.31. The average molecular weight is 265 g/mol. The molecule has 0 radical (unpaired) electrons. The Morgan fingerprint density at radius 3 is 2.58 bits per heavy atom. The van der Waals surface area contributed by atoms with Crippen molar-refractivity contribution in [3.8, 4) is 0 Å². The maximum absolute atomic E-state index is 12.6. The third kappa shape index (κ3) is 6.35. The number of carbonyl (C=O) groups is 2. The first-order valence-electron chi connectivity index (χ1n) is 5.90. The van der Waals surface area contributed by atoms with Gasteiger partial charge in [-0.25, -0.2) is 4.39 Å². The molecule has 0 saturated carbocycles. The van der Waals surface area contributed by atoms with Crippen LogP contribution in [-0.2, 0) is 9.59 Å². The highest BCUT2D eigenvalue weighted by Gasteiger charge is 2.09. The molecular weight excluding hydrogens is 249 g/mol. The number of nitrogens with one attached hydrogen (secondary N) is 1. The lowest BCUT2D eigenvalue weighted by Crippen LogP contribution is -2.33.